The summed E-state index contributed by atoms with van der Waals surface area (Å²) in [5.41, 5.74) is 2.51. The molecule has 0 fully saturated rings. The van der Waals surface area contributed by atoms with Crippen LogP contribution in [-0.4, -0.2) is 34.1 Å². The van der Waals surface area contributed by atoms with Crippen molar-refractivity contribution in [2.45, 2.75) is 26.7 Å². The zero-order chi connectivity index (χ0) is 19.9. The molecule has 0 bridgehead atoms. The monoisotopic (exact) mass is 380 g/mol. The van der Waals surface area contributed by atoms with Crippen molar-refractivity contribution in [3.05, 3.63) is 60.4 Å². The van der Waals surface area contributed by atoms with Crippen LogP contribution < -0.4 is 14.8 Å². The second-order valence-corrected chi connectivity index (χ2v) is 6.52. The molecule has 3 aromatic rings. The van der Waals surface area contributed by atoms with Gasteiger partial charge in [-0.3, -0.25) is 4.79 Å². The summed E-state index contributed by atoms with van der Waals surface area (Å²) < 4.78 is 12.7. The minimum atomic E-state index is -0.242. The quantitative estimate of drug-likeness (QED) is 0.643. The van der Waals surface area contributed by atoms with E-state index in [1.54, 1.807) is 23.0 Å². The predicted octanol–water partition coefficient (Wildman–Crippen LogP) is 3.81. The fraction of sp³-hybridized carbons (Fsp3) is 0.286. The number of ether oxygens (including phenoxy) is 2. The molecule has 1 amide bonds. The Hall–Kier alpha value is -3.35. The number of carbonyl (C=O) groups is 1. The van der Waals surface area contributed by atoms with Crippen LogP contribution in [0.1, 0.15) is 32.4 Å². The van der Waals surface area contributed by atoms with E-state index in [0.717, 1.165) is 17.1 Å². The summed E-state index contributed by atoms with van der Waals surface area (Å²) in [7, 11) is 0. The highest BCUT2D eigenvalue weighted by Crippen LogP contribution is 2.20. The standard InChI is InChI=1S/C21H24N4O3/c1-4-27-18-8-10-19(11-9-18)28-14-21(26)23-16-6-5-7-17(12-16)25-20(15(2)3)13-22-24-25/h5-13,15H,4,14H2,1-3H3,(H,23,26). The molecular weight excluding hydrogens is 356 g/mol. The number of hydrogen-bond acceptors (Lipinski definition) is 5. The molecule has 0 aliphatic heterocycles. The highest BCUT2D eigenvalue weighted by atomic mass is 16.5. The summed E-state index contributed by atoms with van der Waals surface area (Å²) in [6.45, 7) is 6.61. The topological polar surface area (TPSA) is 78.3 Å². The van der Waals surface area contributed by atoms with Crippen LogP contribution in [0.4, 0.5) is 5.69 Å². The van der Waals surface area contributed by atoms with Gasteiger partial charge in [0.2, 0.25) is 0 Å². The first-order chi connectivity index (χ1) is 13.6. The van der Waals surface area contributed by atoms with E-state index in [-0.39, 0.29) is 18.4 Å². The molecule has 1 heterocycles. The van der Waals surface area contributed by atoms with Gasteiger partial charge >= 0.3 is 0 Å². The molecule has 7 nitrogen and oxygen atoms in total. The number of carbonyl (C=O) groups excluding carboxylic acids is 1. The molecule has 0 atom stereocenters. The maximum absolute atomic E-state index is 12.2. The zero-order valence-electron chi connectivity index (χ0n) is 16.3. The van der Waals surface area contributed by atoms with Crippen LogP contribution in [0.25, 0.3) is 5.69 Å². The summed E-state index contributed by atoms with van der Waals surface area (Å²) in [4.78, 5) is 12.2. The molecule has 7 heteroatoms. The summed E-state index contributed by atoms with van der Waals surface area (Å²) in [5, 5.41) is 11.0. The van der Waals surface area contributed by atoms with E-state index in [9.17, 15) is 4.79 Å². The van der Waals surface area contributed by atoms with Crippen LogP contribution in [0.2, 0.25) is 0 Å². The number of amides is 1. The molecule has 1 N–H and O–H groups in total. The van der Waals surface area contributed by atoms with Gasteiger partial charge in [-0.25, -0.2) is 4.68 Å². The third-order valence-corrected chi connectivity index (χ3v) is 4.05. The molecule has 0 spiro atoms. The van der Waals surface area contributed by atoms with Crippen LogP contribution in [-0.2, 0) is 4.79 Å². The second kappa shape index (κ2) is 9.03. The Bertz CT molecular complexity index is 919. The molecule has 0 aliphatic carbocycles. The molecule has 2 aromatic carbocycles. The molecule has 0 unspecified atom stereocenters. The van der Waals surface area contributed by atoms with Gasteiger partial charge in [0.25, 0.3) is 5.91 Å². The van der Waals surface area contributed by atoms with Crippen molar-refractivity contribution in [3.63, 3.8) is 0 Å². The first-order valence-corrected chi connectivity index (χ1v) is 9.23. The van der Waals surface area contributed by atoms with Gasteiger partial charge in [0, 0.05) is 5.69 Å². The Morgan fingerprint density at radius 3 is 2.50 bits per heavy atom. The molecule has 0 aliphatic rings. The number of nitrogens with one attached hydrogen (secondary N) is 1. The second-order valence-electron chi connectivity index (χ2n) is 6.52. The average molecular weight is 380 g/mol. The number of nitrogens with zero attached hydrogens (tertiary/aromatic N) is 3. The molecule has 146 valence electrons. The van der Waals surface area contributed by atoms with E-state index in [4.69, 9.17) is 9.47 Å². The highest BCUT2D eigenvalue weighted by Gasteiger charge is 2.11. The van der Waals surface area contributed by atoms with Crippen molar-refractivity contribution in [1.82, 2.24) is 15.0 Å². The van der Waals surface area contributed by atoms with Gasteiger partial charge < -0.3 is 14.8 Å². The van der Waals surface area contributed by atoms with Crippen molar-refractivity contribution in [2.75, 3.05) is 18.5 Å². The van der Waals surface area contributed by atoms with Gasteiger partial charge in [0.05, 0.1) is 24.2 Å². The van der Waals surface area contributed by atoms with Crippen LogP contribution in [0.5, 0.6) is 11.5 Å². The summed E-state index contributed by atoms with van der Waals surface area (Å²) in [6.07, 6.45) is 1.75. The van der Waals surface area contributed by atoms with Crippen LogP contribution in [0.3, 0.4) is 0 Å². The van der Waals surface area contributed by atoms with Gasteiger partial charge in [0.1, 0.15) is 11.5 Å². The first-order valence-electron chi connectivity index (χ1n) is 9.23. The molecule has 28 heavy (non-hydrogen) atoms. The predicted molar refractivity (Wildman–Crippen MR) is 107 cm³/mol. The van der Waals surface area contributed by atoms with E-state index in [0.29, 0.717) is 18.0 Å². The van der Waals surface area contributed by atoms with Crippen molar-refractivity contribution in [2.24, 2.45) is 0 Å². The lowest BCUT2D eigenvalue weighted by Gasteiger charge is -2.11. The van der Waals surface area contributed by atoms with Gasteiger partial charge in [0.15, 0.2) is 6.61 Å². The Labute approximate surface area is 164 Å². The van der Waals surface area contributed by atoms with E-state index < -0.39 is 0 Å². The van der Waals surface area contributed by atoms with Crippen LogP contribution in [0, 0.1) is 0 Å². The lowest BCUT2D eigenvalue weighted by Crippen LogP contribution is -2.20. The fourth-order valence-electron chi connectivity index (χ4n) is 2.70. The summed E-state index contributed by atoms with van der Waals surface area (Å²) >= 11 is 0. The molecule has 0 saturated heterocycles. The van der Waals surface area contributed by atoms with E-state index >= 15 is 0 Å². The molecule has 3 rings (SSSR count). The normalized spacial score (nSPS) is 10.7. The average Bonchev–Trinajstić information content (AvgIpc) is 3.18. The number of aromatic nitrogens is 3. The van der Waals surface area contributed by atoms with Crippen molar-refractivity contribution >= 4 is 11.6 Å². The largest absolute Gasteiger partial charge is 0.494 e. The molecule has 1 aromatic heterocycles. The van der Waals surface area contributed by atoms with Crippen molar-refractivity contribution < 1.29 is 14.3 Å². The Morgan fingerprint density at radius 1 is 1.11 bits per heavy atom. The number of hydrogen-bond donors (Lipinski definition) is 1. The fourth-order valence-corrected chi connectivity index (χ4v) is 2.70. The third kappa shape index (κ3) is 4.88. The van der Waals surface area contributed by atoms with Gasteiger partial charge in [-0.15, -0.1) is 5.10 Å². The van der Waals surface area contributed by atoms with Gasteiger partial charge in [-0.1, -0.05) is 25.1 Å². The maximum Gasteiger partial charge on any atom is 0.262 e. The van der Waals surface area contributed by atoms with Gasteiger partial charge in [-0.05, 0) is 55.3 Å². The zero-order valence-corrected chi connectivity index (χ0v) is 16.3. The SMILES string of the molecule is CCOc1ccc(OCC(=O)Nc2cccc(-n3nncc3C(C)C)c2)cc1. The van der Waals surface area contributed by atoms with Crippen molar-refractivity contribution in [3.8, 4) is 17.2 Å². The summed E-state index contributed by atoms with van der Waals surface area (Å²) in [5.74, 6) is 1.42. The Kier molecular flexibility index (Phi) is 6.26. The number of anilines is 1. The smallest absolute Gasteiger partial charge is 0.262 e. The lowest BCUT2D eigenvalue weighted by atomic mass is 10.1. The lowest BCUT2D eigenvalue weighted by molar-refractivity contribution is -0.118. The Balaban J connectivity index is 1.60. The molecule has 0 saturated carbocycles. The van der Waals surface area contributed by atoms with Crippen LogP contribution in [0.15, 0.2) is 54.7 Å². The molecular formula is C21H24N4O3. The Morgan fingerprint density at radius 2 is 1.82 bits per heavy atom. The van der Waals surface area contributed by atoms with Crippen LogP contribution >= 0.6 is 0 Å². The minimum Gasteiger partial charge on any atom is -0.494 e. The minimum absolute atomic E-state index is 0.0845. The number of benzene rings is 2. The van der Waals surface area contributed by atoms with E-state index in [1.165, 1.54) is 0 Å². The highest BCUT2D eigenvalue weighted by molar-refractivity contribution is 5.92. The first kappa shape index (κ1) is 19.4. The van der Waals surface area contributed by atoms with E-state index in [2.05, 4.69) is 29.5 Å². The van der Waals surface area contributed by atoms with E-state index in [1.807, 2.05) is 43.3 Å². The number of rotatable bonds is 8. The van der Waals surface area contributed by atoms with Gasteiger partial charge in [-0.2, -0.15) is 0 Å². The summed E-state index contributed by atoms with van der Waals surface area (Å²) in [6, 6.07) is 14.6. The van der Waals surface area contributed by atoms with Crippen molar-refractivity contribution in [1.29, 1.82) is 0 Å². The third-order valence-electron chi connectivity index (χ3n) is 4.05. The molecule has 0 radical (unpaired) electrons. The maximum atomic E-state index is 12.2.